The summed E-state index contributed by atoms with van der Waals surface area (Å²) in [6, 6.07) is 6.99. The van der Waals surface area contributed by atoms with E-state index in [4.69, 9.17) is 23.2 Å². The standard InChI is InChI=1S/C17H14Cl2N2OS/c1-9-2-5-15-11(6-9)13(8-20)17(23-15)21-16(22)12-7-10(18)3-4-14(12)19/h3-4,7,9H,2,5-6H2,1H3,(H,21,22)/t9-/m1/s1. The van der Waals surface area contributed by atoms with Crippen LogP contribution in [0.4, 0.5) is 5.00 Å². The second-order valence-corrected chi connectivity index (χ2v) is 7.69. The Morgan fingerprint density at radius 2 is 2.22 bits per heavy atom. The largest absolute Gasteiger partial charge is 0.312 e. The van der Waals surface area contributed by atoms with Crippen molar-refractivity contribution in [1.82, 2.24) is 0 Å². The number of amides is 1. The Bertz CT molecular complexity index is 823. The summed E-state index contributed by atoms with van der Waals surface area (Å²) in [7, 11) is 0. The number of carbonyl (C=O) groups is 1. The number of hydrogen-bond donors (Lipinski definition) is 1. The molecule has 1 aliphatic carbocycles. The number of halogens is 2. The average molecular weight is 365 g/mol. The minimum atomic E-state index is -0.347. The maximum absolute atomic E-state index is 12.5. The first-order valence-corrected chi connectivity index (χ1v) is 8.88. The molecule has 1 aliphatic rings. The molecule has 1 heterocycles. The number of thiophene rings is 1. The maximum Gasteiger partial charge on any atom is 0.257 e. The summed E-state index contributed by atoms with van der Waals surface area (Å²) in [5.41, 5.74) is 1.98. The van der Waals surface area contributed by atoms with Crippen molar-refractivity contribution in [1.29, 1.82) is 5.26 Å². The molecule has 0 bridgehead atoms. The molecule has 0 aliphatic heterocycles. The van der Waals surface area contributed by atoms with Crippen LogP contribution in [0.2, 0.25) is 10.0 Å². The van der Waals surface area contributed by atoms with Gasteiger partial charge in [-0.15, -0.1) is 11.3 Å². The first-order chi connectivity index (χ1) is 11.0. The van der Waals surface area contributed by atoms with Crippen LogP contribution in [-0.4, -0.2) is 5.91 Å². The van der Waals surface area contributed by atoms with Crippen molar-refractivity contribution in [2.75, 3.05) is 5.32 Å². The van der Waals surface area contributed by atoms with Crippen molar-refractivity contribution < 1.29 is 4.79 Å². The third kappa shape index (κ3) is 3.23. The lowest BCUT2D eigenvalue weighted by atomic mass is 9.88. The van der Waals surface area contributed by atoms with Crippen LogP contribution in [0.5, 0.6) is 0 Å². The van der Waals surface area contributed by atoms with E-state index in [1.165, 1.54) is 22.3 Å². The average Bonchev–Trinajstić information content (AvgIpc) is 2.85. The number of nitrogens with zero attached hydrogens (tertiary/aromatic N) is 1. The molecule has 1 atom stereocenters. The van der Waals surface area contributed by atoms with Crippen molar-refractivity contribution in [2.24, 2.45) is 5.92 Å². The highest BCUT2D eigenvalue weighted by Gasteiger charge is 2.25. The molecule has 0 spiro atoms. The van der Waals surface area contributed by atoms with Crippen LogP contribution < -0.4 is 5.32 Å². The molecule has 0 radical (unpaired) electrons. The Kier molecular flexibility index (Phi) is 4.63. The second kappa shape index (κ2) is 6.52. The zero-order valence-corrected chi connectivity index (χ0v) is 14.8. The Morgan fingerprint density at radius 1 is 1.43 bits per heavy atom. The fourth-order valence-electron chi connectivity index (χ4n) is 2.81. The van der Waals surface area contributed by atoms with Crippen molar-refractivity contribution in [3.63, 3.8) is 0 Å². The fraction of sp³-hybridized carbons (Fsp3) is 0.294. The third-order valence-electron chi connectivity index (χ3n) is 4.02. The number of nitrogens with one attached hydrogen (secondary N) is 1. The highest BCUT2D eigenvalue weighted by molar-refractivity contribution is 7.16. The van der Waals surface area contributed by atoms with Crippen LogP contribution >= 0.6 is 34.5 Å². The highest BCUT2D eigenvalue weighted by atomic mass is 35.5. The summed E-state index contributed by atoms with van der Waals surface area (Å²) in [5, 5.41) is 13.7. The van der Waals surface area contributed by atoms with E-state index in [0.29, 0.717) is 32.1 Å². The van der Waals surface area contributed by atoms with Gasteiger partial charge in [0.15, 0.2) is 0 Å². The molecule has 2 aromatic rings. The summed E-state index contributed by atoms with van der Waals surface area (Å²) in [4.78, 5) is 13.7. The molecule has 3 nitrogen and oxygen atoms in total. The number of carbonyl (C=O) groups excluding carboxylic acids is 1. The van der Waals surface area contributed by atoms with Gasteiger partial charge in [0.1, 0.15) is 11.1 Å². The number of nitriles is 1. The molecule has 1 aromatic heterocycles. The Hall–Kier alpha value is -1.54. The number of benzene rings is 1. The molecule has 1 N–H and O–H groups in total. The number of aryl methyl sites for hydroxylation is 1. The van der Waals surface area contributed by atoms with Gasteiger partial charge in [-0.25, -0.2) is 0 Å². The monoisotopic (exact) mass is 364 g/mol. The molecule has 0 fully saturated rings. The molecule has 0 saturated carbocycles. The van der Waals surface area contributed by atoms with Crippen LogP contribution in [0.15, 0.2) is 18.2 Å². The molecule has 0 unspecified atom stereocenters. The first-order valence-electron chi connectivity index (χ1n) is 7.30. The highest BCUT2D eigenvalue weighted by Crippen LogP contribution is 2.39. The lowest BCUT2D eigenvalue weighted by molar-refractivity contribution is 0.102. The fourth-order valence-corrected chi connectivity index (χ4v) is 4.37. The minimum absolute atomic E-state index is 0.308. The van der Waals surface area contributed by atoms with Gasteiger partial charge in [0.2, 0.25) is 0 Å². The number of rotatable bonds is 2. The molecule has 3 rings (SSSR count). The predicted octanol–water partition coefficient (Wildman–Crippen LogP) is 5.30. The van der Waals surface area contributed by atoms with Gasteiger partial charge in [-0.3, -0.25) is 4.79 Å². The molecule has 23 heavy (non-hydrogen) atoms. The van der Waals surface area contributed by atoms with Gasteiger partial charge in [-0.2, -0.15) is 5.26 Å². The summed E-state index contributed by atoms with van der Waals surface area (Å²) in [5.74, 6) is 0.218. The summed E-state index contributed by atoms with van der Waals surface area (Å²) < 4.78 is 0. The lowest BCUT2D eigenvalue weighted by Crippen LogP contribution is -2.13. The van der Waals surface area contributed by atoms with Crippen molar-refractivity contribution >= 4 is 45.4 Å². The molecular formula is C17H14Cl2N2OS. The zero-order valence-electron chi connectivity index (χ0n) is 12.5. The van der Waals surface area contributed by atoms with Gasteiger partial charge >= 0.3 is 0 Å². The quantitative estimate of drug-likeness (QED) is 0.785. The van der Waals surface area contributed by atoms with E-state index in [0.717, 1.165) is 24.8 Å². The zero-order chi connectivity index (χ0) is 16.6. The van der Waals surface area contributed by atoms with Gasteiger partial charge in [0, 0.05) is 9.90 Å². The van der Waals surface area contributed by atoms with Crippen LogP contribution in [-0.2, 0) is 12.8 Å². The number of hydrogen-bond acceptors (Lipinski definition) is 3. The Labute approximate surface area is 148 Å². The van der Waals surface area contributed by atoms with Gasteiger partial charge in [0.25, 0.3) is 5.91 Å². The summed E-state index contributed by atoms with van der Waals surface area (Å²) >= 11 is 13.5. The Morgan fingerprint density at radius 3 is 2.96 bits per heavy atom. The minimum Gasteiger partial charge on any atom is -0.312 e. The van der Waals surface area contributed by atoms with Crippen LogP contribution in [0, 0.1) is 17.2 Å². The molecule has 1 aromatic carbocycles. The van der Waals surface area contributed by atoms with E-state index in [-0.39, 0.29) is 5.91 Å². The normalized spacial score (nSPS) is 16.5. The van der Waals surface area contributed by atoms with E-state index in [2.05, 4.69) is 18.3 Å². The Balaban J connectivity index is 1.93. The first kappa shape index (κ1) is 16.3. The third-order valence-corrected chi connectivity index (χ3v) is 5.79. The van der Waals surface area contributed by atoms with E-state index in [1.807, 2.05) is 0 Å². The summed E-state index contributed by atoms with van der Waals surface area (Å²) in [6.07, 6.45) is 2.97. The summed E-state index contributed by atoms with van der Waals surface area (Å²) in [6.45, 7) is 2.19. The smallest absolute Gasteiger partial charge is 0.257 e. The molecule has 1 amide bonds. The van der Waals surface area contributed by atoms with Crippen LogP contribution in [0.25, 0.3) is 0 Å². The van der Waals surface area contributed by atoms with E-state index < -0.39 is 0 Å². The van der Waals surface area contributed by atoms with Gasteiger partial charge in [-0.05, 0) is 48.9 Å². The van der Waals surface area contributed by atoms with Crippen molar-refractivity contribution in [3.05, 3.63) is 49.8 Å². The van der Waals surface area contributed by atoms with Gasteiger partial charge in [-0.1, -0.05) is 30.1 Å². The topological polar surface area (TPSA) is 52.9 Å². The van der Waals surface area contributed by atoms with Gasteiger partial charge < -0.3 is 5.32 Å². The number of fused-ring (bicyclic) bond motifs is 1. The van der Waals surface area contributed by atoms with E-state index in [1.54, 1.807) is 12.1 Å². The van der Waals surface area contributed by atoms with Crippen LogP contribution in [0.1, 0.15) is 39.7 Å². The molecular weight excluding hydrogens is 351 g/mol. The molecule has 0 saturated heterocycles. The van der Waals surface area contributed by atoms with E-state index in [9.17, 15) is 10.1 Å². The lowest BCUT2D eigenvalue weighted by Gasteiger charge is -2.17. The van der Waals surface area contributed by atoms with E-state index >= 15 is 0 Å². The molecule has 6 heteroatoms. The maximum atomic E-state index is 12.5. The molecule has 118 valence electrons. The van der Waals surface area contributed by atoms with Crippen LogP contribution in [0.3, 0.4) is 0 Å². The van der Waals surface area contributed by atoms with Gasteiger partial charge in [0.05, 0.1) is 16.1 Å². The predicted molar refractivity (Wildman–Crippen MR) is 94.6 cm³/mol. The van der Waals surface area contributed by atoms with Crippen molar-refractivity contribution in [2.45, 2.75) is 26.2 Å². The number of anilines is 1. The SMILES string of the molecule is C[C@@H]1CCc2sc(NC(=O)c3cc(Cl)ccc3Cl)c(C#N)c2C1. The second-order valence-electron chi connectivity index (χ2n) is 5.75. The van der Waals surface area contributed by atoms with Crippen molar-refractivity contribution in [3.8, 4) is 6.07 Å².